The number of pyridine rings is 1. The Kier molecular flexibility index (Phi) is 8.82. The Balaban J connectivity index is 0.00000385. The number of rotatable bonds is 8. The summed E-state index contributed by atoms with van der Waals surface area (Å²) in [7, 11) is 0. The summed E-state index contributed by atoms with van der Waals surface area (Å²) in [6.07, 6.45) is 2.11. The molecule has 0 aliphatic heterocycles. The molecule has 2 amide bonds. The number of hydrogen-bond acceptors (Lipinski definition) is 4. The molecule has 33 heavy (non-hydrogen) atoms. The van der Waals surface area contributed by atoms with E-state index in [-0.39, 0.29) is 37.2 Å². The highest BCUT2D eigenvalue weighted by Crippen LogP contribution is 2.26. The summed E-state index contributed by atoms with van der Waals surface area (Å²) in [6, 6.07) is 19.1. The van der Waals surface area contributed by atoms with Crippen LogP contribution in [0.3, 0.4) is 0 Å². The fourth-order valence-corrected chi connectivity index (χ4v) is 3.61. The van der Waals surface area contributed by atoms with Crippen molar-refractivity contribution < 1.29 is 19.8 Å². The molecular weight excluding hydrogens is 442 g/mol. The van der Waals surface area contributed by atoms with Gasteiger partial charge in [-0.1, -0.05) is 42.5 Å². The predicted molar refractivity (Wildman–Crippen MR) is 128 cm³/mol. The van der Waals surface area contributed by atoms with Crippen molar-refractivity contribution in [3.63, 3.8) is 0 Å². The molecule has 3 rings (SSSR count). The average molecular weight is 470 g/mol. The van der Waals surface area contributed by atoms with Crippen LogP contribution in [0.5, 0.6) is 5.75 Å². The number of aromatic hydroxyl groups is 1. The molecule has 0 saturated heterocycles. The van der Waals surface area contributed by atoms with E-state index >= 15 is 0 Å². The van der Waals surface area contributed by atoms with Gasteiger partial charge < -0.3 is 15.5 Å². The largest absolute Gasteiger partial charge is 0.508 e. The van der Waals surface area contributed by atoms with Crippen LogP contribution in [0.4, 0.5) is 4.79 Å². The summed E-state index contributed by atoms with van der Waals surface area (Å²) in [5, 5.41) is 22.7. The lowest BCUT2D eigenvalue weighted by atomic mass is 9.88. The minimum absolute atomic E-state index is 0. The van der Waals surface area contributed by atoms with Crippen LogP contribution >= 0.6 is 12.4 Å². The number of benzene rings is 2. The molecule has 0 unspecified atom stereocenters. The van der Waals surface area contributed by atoms with E-state index in [1.54, 1.807) is 43.6 Å². The molecule has 174 valence electrons. The number of carbonyl (C=O) groups is 2. The molecule has 3 aromatic rings. The summed E-state index contributed by atoms with van der Waals surface area (Å²) < 4.78 is 0. The van der Waals surface area contributed by atoms with Gasteiger partial charge in [0.05, 0.1) is 12.6 Å². The number of phenolic OH excluding ortho intramolecular Hbond substituents is 1. The zero-order valence-corrected chi connectivity index (χ0v) is 19.3. The smallest absolute Gasteiger partial charge is 0.408 e. The topological polar surface area (TPSA) is 103 Å². The van der Waals surface area contributed by atoms with Crippen molar-refractivity contribution in [1.82, 2.24) is 15.2 Å². The summed E-state index contributed by atoms with van der Waals surface area (Å²) in [4.78, 5) is 31.1. The number of carbonyl (C=O) groups excluding carboxylic acids is 1. The Labute approximate surface area is 199 Å². The first kappa shape index (κ1) is 25.7. The Hall–Kier alpha value is -3.58. The van der Waals surface area contributed by atoms with E-state index in [4.69, 9.17) is 0 Å². The molecule has 1 heterocycles. The first-order valence-corrected chi connectivity index (χ1v) is 10.3. The second-order valence-corrected chi connectivity index (χ2v) is 7.95. The number of nitrogens with one attached hydrogen (secondary N) is 1. The van der Waals surface area contributed by atoms with Gasteiger partial charge in [-0.05, 0) is 54.8 Å². The molecule has 0 aliphatic rings. The third kappa shape index (κ3) is 6.46. The van der Waals surface area contributed by atoms with Crippen molar-refractivity contribution in [1.29, 1.82) is 0 Å². The monoisotopic (exact) mass is 469 g/mol. The molecule has 0 bridgehead atoms. The van der Waals surface area contributed by atoms with Gasteiger partial charge in [0.15, 0.2) is 0 Å². The first-order valence-electron chi connectivity index (χ1n) is 10.3. The lowest BCUT2D eigenvalue weighted by molar-refractivity contribution is -0.132. The van der Waals surface area contributed by atoms with Gasteiger partial charge in [0.2, 0.25) is 5.91 Å². The third-order valence-electron chi connectivity index (χ3n) is 5.54. The van der Waals surface area contributed by atoms with Gasteiger partial charge in [-0.25, -0.2) is 4.79 Å². The predicted octanol–water partition coefficient (Wildman–Crippen LogP) is 4.57. The van der Waals surface area contributed by atoms with Crippen LogP contribution in [0, 0.1) is 0 Å². The molecule has 8 heteroatoms. The van der Waals surface area contributed by atoms with Crippen LogP contribution in [-0.4, -0.2) is 37.6 Å². The van der Waals surface area contributed by atoms with E-state index in [0.29, 0.717) is 0 Å². The fourth-order valence-electron chi connectivity index (χ4n) is 3.61. The standard InChI is InChI=1S/C25H27N3O4.ClH/c1-18(21-6-4-3-5-7-21)27-23(30)25(2,16-19-8-10-22(29)11-9-19)28(24(31)32)17-20-12-14-26-15-13-20;/h3-15,18,29H,16-17H2,1-2H3,(H,27,30)(H,31,32);1H/t18-,25-;/m0./s1. The normalized spacial score (nSPS) is 13.2. The molecule has 0 radical (unpaired) electrons. The molecule has 3 N–H and O–H groups in total. The van der Waals surface area contributed by atoms with Crippen molar-refractivity contribution in [2.24, 2.45) is 0 Å². The molecule has 1 aromatic heterocycles. The summed E-state index contributed by atoms with van der Waals surface area (Å²) in [5.74, 6) is -0.303. The number of nitrogens with zero attached hydrogens (tertiary/aromatic N) is 2. The first-order chi connectivity index (χ1) is 15.3. The summed E-state index contributed by atoms with van der Waals surface area (Å²) in [5.41, 5.74) is 0.968. The maximum atomic E-state index is 13.6. The average Bonchev–Trinajstić information content (AvgIpc) is 2.80. The van der Waals surface area contributed by atoms with E-state index < -0.39 is 17.5 Å². The molecule has 0 aliphatic carbocycles. The zero-order chi connectivity index (χ0) is 23.1. The van der Waals surface area contributed by atoms with Crippen LogP contribution < -0.4 is 5.32 Å². The maximum absolute atomic E-state index is 13.6. The number of carboxylic acid groups (broad SMARTS) is 1. The molecule has 0 spiro atoms. The van der Waals surface area contributed by atoms with Gasteiger partial charge >= 0.3 is 6.09 Å². The van der Waals surface area contributed by atoms with Crippen LogP contribution in [0.25, 0.3) is 0 Å². The van der Waals surface area contributed by atoms with E-state index in [1.807, 2.05) is 37.3 Å². The summed E-state index contributed by atoms with van der Waals surface area (Å²) >= 11 is 0. The number of aromatic nitrogens is 1. The lowest BCUT2D eigenvalue weighted by Crippen LogP contribution is -2.59. The molecule has 0 saturated carbocycles. The highest BCUT2D eigenvalue weighted by molar-refractivity contribution is 5.90. The van der Waals surface area contributed by atoms with E-state index in [1.165, 1.54) is 12.1 Å². The van der Waals surface area contributed by atoms with Crippen molar-refractivity contribution in [2.45, 2.75) is 38.4 Å². The Morgan fingerprint density at radius 2 is 1.61 bits per heavy atom. The number of phenols is 1. The highest BCUT2D eigenvalue weighted by atomic mass is 35.5. The number of amides is 2. The molecule has 7 nitrogen and oxygen atoms in total. The SMILES string of the molecule is C[C@H](NC(=O)[C@](C)(Cc1ccc(O)cc1)N(Cc1ccncc1)C(=O)O)c1ccccc1.Cl. The van der Waals surface area contributed by atoms with Gasteiger partial charge in [0.1, 0.15) is 11.3 Å². The fraction of sp³-hybridized carbons (Fsp3) is 0.240. The van der Waals surface area contributed by atoms with Crippen molar-refractivity contribution in [3.05, 3.63) is 95.8 Å². The minimum atomic E-state index is -1.41. The lowest BCUT2D eigenvalue weighted by Gasteiger charge is -2.39. The van der Waals surface area contributed by atoms with Gasteiger partial charge in [-0.3, -0.25) is 14.7 Å². The Morgan fingerprint density at radius 3 is 2.18 bits per heavy atom. The Bertz CT molecular complexity index is 1050. The second kappa shape index (κ2) is 11.3. The van der Waals surface area contributed by atoms with Crippen LogP contribution in [0.15, 0.2) is 79.1 Å². The van der Waals surface area contributed by atoms with Crippen LogP contribution in [0.1, 0.15) is 36.6 Å². The van der Waals surface area contributed by atoms with Crippen molar-refractivity contribution >= 4 is 24.4 Å². The van der Waals surface area contributed by atoms with E-state index in [2.05, 4.69) is 10.3 Å². The molecule has 0 fully saturated rings. The zero-order valence-electron chi connectivity index (χ0n) is 18.5. The maximum Gasteiger partial charge on any atom is 0.408 e. The minimum Gasteiger partial charge on any atom is -0.508 e. The quantitative estimate of drug-likeness (QED) is 0.448. The van der Waals surface area contributed by atoms with Crippen LogP contribution in [-0.2, 0) is 17.8 Å². The van der Waals surface area contributed by atoms with Crippen molar-refractivity contribution in [3.8, 4) is 5.75 Å². The molecule has 2 atom stereocenters. The molecule has 2 aromatic carbocycles. The third-order valence-corrected chi connectivity index (χ3v) is 5.54. The van der Waals surface area contributed by atoms with Crippen molar-refractivity contribution in [2.75, 3.05) is 0 Å². The second-order valence-electron chi connectivity index (χ2n) is 7.95. The Morgan fingerprint density at radius 1 is 1.00 bits per heavy atom. The van der Waals surface area contributed by atoms with E-state index in [9.17, 15) is 19.8 Å². The number of halogens is 1. The van der Waals surface area contributed by atoms with Gasteiger partial charge in [0, 0.05) is 18.8 Å². The van der Waals surface area contributed by atoms with Gasteiger partial charge in [0.25, 0.3) is 0 Å². The van der Waals surface area contributed by atoms with Gasteiger partial charge in [-0.15, -0.1) is 12.4 Å². The van der Waals surface area contributed by atoms with Crippen LogP contribution in [0.2, 0.25) is 0 Å². The summed E-state index contributed by atoms with van der Waals surface area (Å²) in [6.45, 7) is 3.52. The highest BCUT2D eigenvalue weighted by Gasteiger charge is 2.43. The number of hydrogen-bond donors (Lipinski definition) is 3. The van der Waals surface area contributed by atoms with Gasteiger partial charge in [-0.2, -0.15) is 0 Å². The van der Waals surface area contributed by atoms with E-state index in [0.717, 1.165) is 21.6 Å². The molecular formula is C25H28ClN3O4.